The smallest absolute Gasteiger partial charge is 0.411 e. The molecule has 7 heteroatoms. The van der Waals surface area contributed by atoms with Crippen LogP contribution in [0.2, 0.25) is 0 Å². The van der Waals surface area contributed by atoms with Crippen molar-refractivity contribution in [2.45, 2.75) is 32.2 Å². The highest BCUT2D eigenvalue weighted by atomic mass is 16.5. The molecule has 0 bridgehead atoms. The van der Waals surface area contributed by atoms with E-state index in [2.05, 4.69) is 29.6 Å². The second kappa shape index (κ2) is 10.4. The van der Waals surface area contributed by atoms with E-state index in [0.717, 1.165) is 16.7 Å². The first-order valence-corrected chi connectivity index (χ1v) is 11.6. The lowest BCUT2D eigenvalue weighted by atomic mass is 9.98. The number of aliphatic carboxylic acids is 1. The Morgan fingerprint density at radius 1 is 0.914 bits per heavy atom. The molecule has 3 aromatic carbocycles. The van der Waals surface area contributed by atoms with Gasteiger partial charge >= 0.3 is 12.1 Å². The van der Waals surface area contributed by atoms with Gasteiger partial charge in [0.25, 0.3) is 0 Å². The van der Waals surface area contributed by atoms with Gasteiger partial charge in [0.05, 0.1) is 6.42 Å². The van der Waals surface area contributed by atoms with Crippen LogP contribution in [0.4, 0.5) is 10.5 Å². The van der Waals surface area contributed by atoms with Gasteiger partial charge in [-0.15, -0.1) is 0 Å². The normalized spacial score (nSPS) is 12.1. The van der Waals surface area contributed by atoms with Gasteiger partial charge in [0, 0.05) is 17.6 Å². The largest absolute Gasteiger partial charge is 0.480 e. The molecule has 4 rings (SSSR count). The van der Waals surface area contributed by atoms with Crippen LogP contribution in [-0.4, -0.2) is 47.2 Å². The van der Waals surface area contributed by atoms with Crippen molar-refractivity contribution < 1.29 is 24.2 Å². The van der Waals surface area contributed by atoms with Crippen molar-refractivity contribution in [1.82, 2.24) is 4.90 Å². The molecule has 0 fully saturated rings. The minimum atomic E-state index is -1.05. The Morgan fingerprint density at radius 3 is 2.03 bits per heavy atom. The highest BCUT2D eigenvalue weighted by molar-refractivity contribution is 5.86. The quantitative estimate of drug-likeness (QED) is 0.486. The minimum absolute atomic E-state index is 0.0174. The number of carbonyl (C=O) groups is 3. The zero-order valence-electron chi connectivity index (χ0n) is 19.7. The van der Waals surface area contributed by atoms with Gasteiger partial charge < -0.3 is 14.7 Å². The number of carboxylic acids is 1. The molecule has 0 saturated carbocycles. The summed E-state index contributed by atoms with van der Waals surface area (Å²) in [6.45, 7) is 3.45. The van der Waals surface area contributed by atoms with Gasteiger partial charge in [0.1, 0.15) is 13.2 Å². The van der Waals surface area contributed by atoms with E-state index in [1.165, 1.54) is 16.0 Å². The number of benzene rings is 3. The predicted octanol–water partition coefficient (Wildman–Crippen LogP) is 4.91. The first kappa shape index (κ1) is 24.0. The summed E-state index contributed by atoms with van der Waals surface area (Å²) in [5.74, 6) is -1.33. The van der Waals surface area contributed by atoms with Crippen LogP contribution in [0, 0.1) is 0 Å². The Labute approximate surface area is 204 Å². The predicted molar refractivity (Wildman–Crippen MR) is 133 cm³/mol. The molecule has 7 nitrogen and oxygen atoms in total. The summed E-state index contributed by atoms with van der Waals surface area (Å²) in [6.07, 6.45) is -0.473. The topological polar surface area (TPSA) is 95.9 Å². The molecule has 1 aliphatic carbocycles. The van der Waals surface area contributed by atoms with Gasteiger partial charge in [-0.05, 0) is 53.8 Å². The van der Waals surface area contributed by atoms with Crippen LogP contribution in [0.3, 0.4) is 0 Å². The van der Waals surface area contributed by atoms with E-state index in [0.29, 0.717) is 5.69 Å². The summed E-state index contributed by atoms with van der Waals surface area (Å²) in [6, 6.07) is 23.0. The third kappa shape index (κ3) is 5.51. The lowest BCUT2D eigenvalue weighted by Crippen LogP contribution is -2.41. The molecule has 180 valence electrons. The summed E-state index contributed by atoms with van der Waals surface area (Å²) in [5, 5.41) is 11.8. The molecule has 0 atom stereocenters. The van der Waals surface area contributed by atoms with Crippen LogP contribution in [0.25, 0.3) is 11.1 Å². The lowest BCUT2D eigenvalue weighted by molar-refractivity contribution is -0.145. The lowest BCUT2D eigenvalue weighted by Gasteiger charge is -2.25. The van der Waals surface area contributed by atoms with Gasteiger partial charge in [0.15, 0.2) is 0 Å². The number of amides is 2. The number of ether oxygens (including phenoxy) is 1. The molecular weight excluding hydrogens is 444 g/mol. The molecule has 0 spiro atoms. The highest BCUT2D eigenvalue weighted by Gasteiger charge is 2.29. The number of hydrogen-bond donors (Lipinski definition) is 2. The molecule has 0 saturated heterocycles. The highest BCUT2D eigenvalue weighted by Crippen LogP contribution is 2.44. The van der Waals surface area contributed by atoms with Crippen molar-refractivity contribution in [1.29, 1.82) is 0 Å². The number of fused-ring (bicyclic) bond motifs is 3. The molecule has 2 amide bonds. The van der Waals surface area contributed by atoms with E-state index in [1.807, 2.05) is 24.3 Å². The van der Waals surface area contributed by atoms with E-state index >= 15 is 0 Å². The van der Waals surface area contributed by atoms with Gasteiger partial charge in [-0.25, -0.2) is 4.79 Å². The number of nitrogens with zero attached hydrogens (tertiary/aromatic N) is 1. The molecular formula is C28H28N2O5. The maximum atomic E-state index is 12.5. The Bertz CT molecular complexity index is 1190. The maximum absolute atomic E-state index is 12.5. The number of nitrogens with one attached hydrogen (secondary N) is 1. The third-order valence-corrected chi connectivity index (χ3v) is 6.15. The molecule has 1 aliphatic rings. The van der Waals surface area contributed by atoms with Crippen molar-refractivity contribution >= 4 is 23.7 Å². The standard InChI is InChI=1S/C28H28N2O5/c1-18(2)30(16-27(32)33)26(31)15-19-11-13-20(14-12-19)29-28(34)35-17-25-23-9-5-3-7-21(23)22-8-4-6-10-24(22)25/h3-14,18,25H,15-17H2,1-2H3,(H,29,34)(H,32,33). The van der Waals surface area contributed by atoms with Crippen LogP contribution >= 0.6 is 0 Å². The fourth-order valence-corrected chi connectivity index (χ4v) is 4.44. The second-order valence-electron chi connectivity index (χ2n) is 8.83. The van der Waals surface area contributed by atoms with Crippen molar-refractivity contribution in [2.24, 2.45) is 0 Å². The number of rotatable bonds is 8. The third-order valence-electron chi connectivity index (χ3n) is 6.15. The van der Waals surface area contributed by atoms with Crippen LogP contribution < -0.4 is 5.32 Å². The van der Waals surface area contributed by atoms with Crippen molar-refractivity contribution in [3.63, 3.8) is 0 Å². The van der Waals surface area contributed by atoms with Crippen molar-refractivity contribution in [2.75, 3.05) is 18.5 Å². The van der Waals surface area contributed by atoms with E-state index in [-0.39, 0.29) is 37.4 Å². The van der Waals surface area contributed by atoms with Crippen LogP contribution in [0.1, 0.15) is 36.5 Å². The van der Waals surface area contributed by atoms with Crippen LogP contribution in [-0.2, 0) is 20.7 Å². The molecule has 35 heavy (non-hydrogen) atoms. The molecule has 0 aliphatic heterocycles. The summed E-state index contributed by atoms with van der Waals surface area (Å²) in [4.78, 5) is 37.3. The second-order valence-corrected chi connectivity index (χ2v) is 8.83. The minimum Gasteiger partial charge on any atom is -0.480 e. The van der Waals surface area contributed by atoms with E-state index < -0.39 is 12.1 Å². The Morgan fingerprint density at radius 2 is 1.49 bits per heavy atom. The van der Waals surface area contributed by atoms with Crippen molar-refractivity contribution in [3.05, 3.63) is 89.5 Å². The van der Waals surface area contributed by atoms with E-state index in [1.54, 1.807) is 38.1 Å². The van der Waals surface area contributed by atoms with E-state index in [4.69, 9.17) is 9.84 Å². The fraction of sp³-hybridized carbons (Fsp3) is 0.250. The molecule has 0 heterocycles. The summed E-state index contributed by atoms with van der Waals surface area (Å²) < 4.78 is 5.57. The van der Waals surface area contributed by atoms with Gasteiger partial charge in [0.2, 0.25) is 5.91 Å². The Hall–Kier alpha value is -4.13. The SMILES string of the molecule is CC(C)N(CC(=O)O)C(=O)Cc1ccc(NC(=O)OCC2c3ccccc3-c3ccccc32)cc1. The average Bonchev–Trinajstić information content (AvgIpc) is 3.16. The summed E-state index contributed by atoms with van der Waals surface area (Å²) in [7, 11) is 0. The van der Waals surface area contributed by atoms with Gasteiger partial charge in [-0.2, -0.15) is 0 Å². The summed E-state index contributed by atoms with van der Waals surface area (Å²) in [5.41, 5.74) is 5.90. The number of anilines is 1. The zero-order chi connectivity index (χ0) is 24.9. The van der Waals surface area contributed by atoms with E-state index in [9.17, 15) is 14.4 Å². The number of hydrogen-bond acceptors (Lipinski definition) is 4. The van der Waals surface area contributed by atoms with Crippen LogP contribution in [0.15, 0.2) is 72.8 Å². The van der Waals surface area contributed by atoms with Gasteiger partial charge in [-0.3, -0.25) is 14.9 Å². The first-order chi connectivity index (χ1) is 16.8. The summed E-state index contributed by atoms with van der Waals surface area (Å²) >= 11 is 0. The molecule has 0 unspecified atom stereocenters. The van der Waals surface area contributed by atoms with Gasteiger partial charge in [-0.1, -0.05) is 60.7 Å². The Kier molecular flexibility index (Phi) is 7.15. The number of carboxylic acid groups (broad SMARTS) is 1. The monoisotopic (exact) mass is 472 g/mol. The molecule has 3 aromatic rings. The molecule has 0 radical (unpaired) electrons. The average molecular weight is 473 g/mol. The number of carbonyl (C=O) groups excluding carboxylic acids is 2. The Balaban J connectivity index is 1.34. The molecule has 2 N–H and O–H groups in total. The first-order valence-electron chi connectivity index (χ1n) is 11.6. The van der Waals surface area contributed by atoms with Crippen molar-refractivity contribution in [3.8, 4) is 11.1 Å². The maximum Gasteiger partial charge on any atom is 0.411 e. The fourth-order valence-electron chi connectivity index (χ4n) is 4.44. The van der Waals surface area contributed by atoms with Crippen LogP contribution in [0.5, 0.6) is 0 Å². The zero-order valence-corrected chi connectivity index (χ0v) is 19.7. The molecule has 0 aromatic heterocycles.